The van der Waals surface area contributed by atoms with Crippen molar-refractivity contribution in [1.82, 2.24) is 28.9 Å². The first-order chi connectivity index (χ1) is 35.6. The second-order valence-electron chi connectivity index (χ2n) is 23.0. The summed E-state index contributed by atoms with van der Waals surface area (Å²) in [6.07, 6.45) is 27.5. The normalized spacial score (nSPS) is 32.1. The number of hydrogen-bond donors (Lipinski definition) is 2. The lowest BCUT2D eigenvalue weighted by molar-refractivity contribution is -0.135. The Labute approximate surface area is 434 Å². The van der Waals surface area contributed by atoms with Crippen LogP contribution in [0.3, 0.4) is 0 Å². The highest BCUT2D eigenvalue weighted by molar-refractivity contribution is 6.42. The lowest BCUT2D eigenvalue weighted by Crippen LogP contribution is -2.58. The van der Waals surface area contributed by atoms with Crippen molar-refractivity contribution in [2.75, 3.05) is 13.7 Å². The molecule has 4 aliphatic carbocycles. The Balaban J connectivity index is 0.000000167. The Morgan fingerprint density at radius 3 is 1.34 bits per heavy atom. The maximum Gasteiger partial charge on any atom is 0.362 e. The van der Waals surface area contributed by atoms with Gasteiger partial charge in [-0.3, -0.25) is 19.4 Å². The summed E-state index contributed by atoms with van der Waals surface area (Å²) in [5.41, 5.74) is 0.770. The van der Waals surface area contributed by atoms with Crippen molar-refractivity contribution >= 4 is 45.4 Å². The van der Waals surface area contributed by atoms with Gasteiger partial charge in [-0.05, 0) is 145 Å². The minimum atomic E-state index is -1.32. The highest BCUT2D eigenvalue weighted by atomic mass is 16.6. The fourth-order valence-corrected chi connectivity index (χ4v) is 16.3. The zero-order chi connectivity index (χ0) is 50.3. The van der Waals surface area contributed by atoms with Crippen molar-refractivity contribution in [1.29, 1.82) is 0 Å². The van der Waals surface area contributed by atoms with E-state index in [2.05, 4.69) is 30.1 Å². The number of rotatable bonds is 10. The van der Waals surface area contributed by atoms with Crippen LogP contribution in [0.5, 0.6) is 0 Å². The van der Waals surface area contributed by atoms with Gasteiger partial charge in [0.15, 0.2) is 11.4 Å². The first-order valence-electron chi connectivity index (χ1n) is 27.9. The smallest absolute Gasteiger partial charge is 0.362 e. The van der Waals surface area contributed by atoms with Crippen molar-refractivity contribution in [2.45, 2.75) is 204 Å². The third kappa shape index (κ3) is 10.1. The van der Waals surface area contributed by atoms with Gasteiger partial charge in [-0.2, -0.15) is 0 Å². The van der Waals surface area contributed by atoms with Crippen molar-refractivity contribution in [3.63, 3.8) is 0 Å². The molecule has 398 valence electrons. The zero-order valence-corrected chi connectivity index (χ0v) is 42.7. The van der Waals surface area contributed by atoms with Crippen molar-refractivity contribution in [3.8, 4) is 0 Å². The molecule has 4 aromatic rings. The molecule has 2 N–H and O–H groups in total. The third-order valence-corrected chi connectivity index (χ3v) is 18.8. The summed E-state index contributed by atoms with van der Waals surface area (Å²) >= 11 is 0. The number of hydrogen-bond acceptors (Lipinski definition) is 13. The van der Waals surface area contributed by atoms with Crippen LogP contribution in [0, 0.1) is 23.7 Å². The number of piperidine rings is 4. The van der Waals surface area contributed by atoms with E-state index in [-0.39, 0.29) is 43.1 Å². The minimum Gasteiger partial charge on any atom is -0.476 e. The molecule has 6 unspecified atom stereocenters. The van der Waals surface area contributed by atoms with E-state index in [0.717, 1.165) is 60.4 Å². The molecule has 4 saturated heterocycles. The molecule has 6 heterocycles. The third-order valence-electron chi connectivity index (χ3n) is 18.8. The quantitative estimate of drug-likeness (QED) is 0.0662. The minimum absolute atomic E-state index is 0. The van der Waals surface area contributed by atoms with Gasteiger partial charge in [-0.15, -0.1) is 0 Å². The van der Waals surface area contributed by atoms with Crippen LogP contribution in [-0.2, 0) is 19.2 Å². The Kier molecular flexibility index (Phi) is 15.7. The van der Waals surface area contributed by atoms with Gasteiger partial charge in [-0.1, -0.05) is 93.4 Å². The number of nitrogens with zero attached hydrogens (tertiary/aromatic N) is 8. The lowest BCUT2D eigenvalue weighted by atomic mass is 9.68. The molecular formula is C58H78N8O8. The average Bonchev–Trinajstić information content (AvgIpc) is 3.37. The molecule has 2 aromatic heterocycles. The van der Waals surface area contributed by atoms with Gasteiger partial charge in [0.05, 0.1) is 28.7 Å². The molecule has 8 fully saturated rings. The number of carbonyl (C=O) groups excluding carboxylic acids is 1. The number of esters is 1. The molecule has 16 nitrogen and oxygen atoms in total. The number of carbonyl (C=O) groups is 2. The standard InChI is InChI=1S/C29H38N4O4.C28H36N4O4.CH4/c1-2-37-29(35)27(31-36)26-28(34)33(25-12-4-3-11-24(25)30-26)23-16-20-9-6-10-21(17-23)32(20)22-14-18-7-5-8-19(13-18)15-22;1-36-30-26(28(34)35)25-27(33)32(24-11-3-2-10-23(24)29-25)22-15-19-8-5-9-20(16-22)31(19)21-13-17-6-4-7-18(12-17)14-21;/h3-4,11-12,18-23,36H,2,5-10,13-17H2,1H3;2-3,10-11,17-22H,4-9,12-16H2,1H3,(H,34,35);1H4/b31-27-;30-26-;/t18?,19?,20-,21+,22?,23?;17?,18?,19-,20+,21?,22?;. The predicted molar refractivity (Wildman–Crippen MR) is 285 cm³/mol. The Morgan fingerprint density at radius 2 is 0.959 bits per heavy atom. The van der Waals surface area contributed by atoms with Crippen LogP contribution in [0.4, 0.5) is 0 Å². The van der Waals surface area contributed by atoms with Crippen LogP contribution >= 0.6 is 0 Å². The summed E-state index contributed by atoms with van der Waals surface area (Å²) in [7, 11) is 1.28. The number of oxime groups is 2. The molecule has 16 heteroatoms. The maximum absolute atomic E-state index is 13.9. The molecule has 74 heavy (non-hydrogen) atoms. The Hall–Kier alpha value is -5.48. The first-order valence-corrected chi connectivity index (χ1v) is 27.9. The van der Waals surface area contributed by atoms with E-state index in [9.17, 15) is 29.5 Å². The lowest BCUT2D eigenvalue weighted by Gasteiger charge is -2.55. The molecule has 8 aliphatic rings. The number of para-hydroxylation sites is 4. The SMILES string of the molecule is C.CCOC(=O)/C(=N\O)c1nc2ccccc2n(C2C[C@H]3CCC[C@@H](C2)N3C2CC3CCCC(C3)C2)c1=O.CO/N=C(\C(=O)O)c1nc2ccccc2n(C2C[C@H]3CCC[C@@H](C2)N3C2CC3CCCC(C3)C2)c1=O. The van der Waals surface area contributed by atoms with E-state index in [1.165, 1.54) is 123 Å². The van der Waals surface area contributed by atoms with Crippen molar-refractivity contribution in [3.05, 3.63) is 80.6 Å². The van der Waals surface area contributed by atoms with Gasteiger partial charge in [0.25, 0.3) is 11.1 Å². The predicted octanol–water partition coefficient (Wildman–Crippen LogP) is 9.66. The highest BCUT2D eigenvalue weighted by Crippen LogP contribution is 2.49. The Bertz CT molecular complexity index is 2830. The van der Waals surface area contributed by atoms with Gasteiger partial charge in [0.1, 0.15) is 7.11 Å². The highest BCUT2D eigenvalue weighted by Gasteiger charge is 2.48. The first kappa shape index (κ1) is 52.0. The van der Waals surface area contributed by atoms with E-state index in [0.29, 0.717) is 47.3 Å². The fraction of sp³-hybridized carbons (Fsp3) is 0.655. The van der Waals surface area contributed by atoms with E-state index in [1.54, 1.807) is 6.92 Å². The molecule has 10 atom stereocenters. The van der Waals surface area contributed by atoms with Gasteiger partial charge in [-0.25, -0.2) is 19.6 Å². The van der Waals surface area contributed by atoms with Crippen LogP contribution in [0.1, 0.15) is 179 Å². The number of carboxylic acids is 1. The van der Waals surface area contributed by atoms with E-state index in [4.69, 9.17) is 9.57 Å². The molecule has 0 spiro atoms. The summed E-state index contributed by atoms with van der Waals surface area (Å²) in [5.74, 6) is 1.41. The van der Waals surface area contributed by atoms with Crippen LogP contribution in [-0.4, -0.2) is 113 Å². The molecule has 4 saturated carbocycles. The van der Waals surface area contributed by atoms with Gasteiger partial charge in [0.2, 0.25) is 11.4 Å². The summed E-state index contributed by atoms with van der Waals surface area (Å²) in [6.45, 7) is 1.79. The Morgan fingerprint density at radius 1 is 0.568 bits per heavy atom. The van der Waals surface area contributed by atoms with Crippen LogP contribution in [0.2, 0.25) is 0 Å². The molecule has 2 aromatic carbocycles. The molecule has 8 bridgehead atoms. The number of aliphatic carboxylic acids is 1. The molecule has 4 aliphatic heterocycles. The van der Waals surface area contributed by atoms with Gasteiger partial charge < -0.3 is 29.0 Å². The summed E-state index contributed by atoms with van der Waals surface area (Å²) in [5, 5.41) is 26.2. The van der Waals surface area contributed by atoms with Crippen LogP contribution < -0.4 is 11.1 Å². The monoisotopic (exact) mass is 1010 g/mol. The molecule has 0 radical (unpaired) electrons. The average molecular weight is 1020 g/mol. The largest absolute Gasteiger partial charge is 0.476 e. The van der Waals surface area contributed by atoms with E-state index >= 15 is 0 Å². The molecule has 0 amide bonds. The number of ether oxygens (including phenoxy) is 1. The van der Waals surface area contributed by atoms with Crippen LogP contribution in [0.25, 0.3) is 22.1 Å². The summed E-state index contributed by atoms with van der Waals surface area (Å²) < 4.78 is 8.71. The van der Waals surface area contributed by atoms with Crippen LogP contribution in [0.15, 0.2) is 68.4 Å². The van der Waals surface area contributed by atoms with E-state index < -0.39 is 28.9 Å². The summed E-state index contributed by atoms with van der Waals surface area (Å²) in [6, 6.07) is 18.4. The van der Waals surface area contributed by atoms with E-state index in [1.807, 2.05) is 57.7 Å². The second kappa shape index (κ2) is 22.4. The zero-order valence-electron chi connectivity index (χ0n) is 42.7. The second-order valence-corrected chi connectivity index (χ2v) is 23.0. The number of fused-ring (bicyclic) bond motifs is 10. The summed E-state index contributed by atoms with van der Waals surface area (Å²) in [4.78, 5) is 71.6. The topological polar surface area (TPSA) is 194 Å². The molecule has 12 rings (SSSR count). The maximum atomic E-state index is 13.9. The number of carboxylic acid groups (broad SMARTS) is 1. The number of aromatic nitrogens is 4. The van der Waals surface area contributed by atoms with Gasteiger partial charge >= 0.3 is 11.9 Å². The van der Waals surface area contributed by atoms with Crippen molar-refractivity contribution < 1.29 is 29.5 Å². The van der Waals surface area contributed by atoms with Crippen molar-refractivity contribution in [2.24, 2.45) is 34.0 Å². The molecular weight excluding hydrogens is 937 g/mol. The fourth-order valence-electron chi connectivity index (χ4n) is 16.3. The van der Waals surface area contributed by atoms with Gasteiger partial charge in [0, 0.05) is 48.3 Å². The number of benzene rings is 2.